The van der Waals surface area contributed by atoms with Crippen molar-refractivity contribution in [2.45, 2.75) is 13.3 Å². The van der Waals surface area contributed by atoms with Crippen molar-refractivity contribution in [1.82, 2.24) is 20.1 Å². The zero-order valence-corrected chi connectivity index (χ0v) is 8.20. The lowest BCUT2D eigenvalue weighted by Gasteiger charge is -1.97. The minimum atomic E-state index is 0.887. The molecule has 0 radical (unpaired) electrons. The predicted octanol–water partition coefficient (Wildman–Crippen LogP) is 0.523. The third-order valence-corrected chi connectivity index (χ3v) is 1.67. The van der Waals surface area contributed by atoms with Crippen molar-refractivity contribution in [1.29, 1.82) is 0 Å². The molecule has 0 atom stereocenters. The Morgan fingerprint density at radius 3 is 3.08 bits per heavy atom. The van der Waals surface area contributed by atoms with E-state index in [-0.39, 0.29) is 0 Å². The highest BCUT2D eigenvalue weighted by molar-refractivity contribution is 4.84. The van der Waals surface area contributed by atoms with Gasteiger partial charge in [-0.1, -0.05) is 12.2 Å². The van der Waals surface area contributed by atoms with Gasteiger partial charge in [-0.05, 0) is 6.92 Å². The van der Waals surface area contributed by atoms with Crippen LogP contribution < -0.4 is 5.32 Å². The smallest absolute Gasteiger partial charge is 0.151 e. The molecule has 0 amide bonds. The van der Waals surface area contributed by atoms with Crippen LogP contribution in [0.1, 0.15) is 12.7 Å². The fraction of sp³-hybridized carbons (Fsp3) is 0.556. The first-order chi connectivity index (χ1) is 6.33. The van der Waals surface area contributed by atoms with E-state index < -0.39 is 0 Å². The van der Waals surface area contributed by atoms with Crippen LogP contribution >= 0.6 is 0 Å². The van der Waals surface area contributed by atoms with Crippen LogP contribution in [-0.2, 0) is 13.5 Å². The van der Waals surface area contributed by atoms with Crippen LogP contribution in [0.15, 0.2) is 18.5 Å². The first-order valence-corrected chi connectivity index (χ1v) is 4.49. The molecular formula is C9H16N4. The predicted molar refractivity (Wildman–Crippen MR) is 52.4 cm³/mol. The minimum absolute atomic E-state index is 0.887. The number of aromatic nitrogens is 3. The number of allylic oxidation sites excluding steroid dienone is 1. The quantitative estimate of drug-likeness (QED) is 0.530. The second-order valence-corrected chi connectivity index (χ2v) is 2.86. The maximum Gasteiger partial charge on any atom is 0.151 e. The summed E-state index contributed by atoms with van der Waals surface area (Å²) >= 11 is 0. The van der Waals surface area contributed by atoms with Crippen molar-refractivity contribution in [2.24, 2.45) is 7.05 Å². The molecule has 4 heteroatoms. The van der Waals surface area contributed by atoms with Crippen LogP contribution in [-0.4, -0.2) is 27.9 Å². The van der Waals surface area contributed by atoms with E-state index in [4.69, 9.17) is 0 Å². The highest BCUT2D eigenvalue weighted by Gasteiger charge is 1.96. The summed E-state index contributed by atoms with van der Waals surface area (Å²) < 4.78 is 1.72. The van der Waals surface area contributed by atoms with E-state index in [2.05, 4.69) is 21.5 Å². The molecule has 0 spiro atoms. The van der Waals surface area contributed by atoms with E-state index in [1.165, 1.54) is 0 Å². The van der Waals surface area contributed by atoms with Crippen LogP contribution in [0.2, 0.25) is 0 Å². The molecule has 13 heavy (non-hydrogen) atoms. The zero-order valence-electron chi connectivity index (χ0n) is 8.20. The van der Waals surface area contributed by atoms with Crippen LogP contribution in [0.25, 0.3) is 0 Å². The SMILES string of the molecule is C/C=C/CNCCc1ncn(C)n1. The Morgan fingerprint density at radius 2 is 2.46 bits per heavy atom. The molecule has 0 saturated heterocycles. The lowest BCUT2D eigenvalue weighted by Crippen LogP contribution is -2.17. The van der Waals surface area contributed by atoms with Gasteiger partial charge in [0.2, 0.25) is 0 Å². The molecule has 0 aromatic carbocycles. The number of hydrogen-bond acceptors (Lipinski definition) is 3. The highest BCUT2D eigenvalue weighted by atomic mass is 15.3. The standard InChI is InChI=1S/C9H16N4/c1-3-4-6-10-7-5-9-11-8-13(2)12-9/h3-4,8,10H,5-7H2,1-2H3/b4-3+. The summed E-state index contributed by atoms with van der Waals surface area (Å²) in [4.78, 5) is 4.13. The molecule has 1 heterocycles. The Balaban J connectivity index is 2.13. The van der Waals surface area contributed by atoms with E-state index in [1.54, 1.807) is 11.0 Å². The Kier molecular flexibility index (Phi) is 4.18. The normalized spacial score (nSPS) is 11.2. The number of hydrogen-bond donors (Lipinski definition) is 1. The summed E-state index contributed by atoms with van der Waals surface area (Å²) in [6.45, 7) is 3.86. The van der Waals surface area contributed by atoms with Crippen LogP contribution in [0.4, 0.5) is 0 Å². The fourth-order valence-electron chi connectivity index (χ4n) is 1.00. The molecule has 1 aromatic heterocycles. The zero-order chi connectivity index (χ0) is 9.52. The summed E-state index contributed by atoms with van der Waals surface area (Å²) in [6.07, 6.45) is 6.73. The van der Waals surface area contributed by atoms with Gasteiger partial charge in [0.05, 0.1) is 0 Å². The molecule has 1 N–H and O–H groups in total. The van der Waals surface area contributed by atoms with Gasteiger partial charge in [-0.25, -0.2) is 4.98 Å². The lowest BCUT2D eigenvalue weighted by atomic mass is 10.4. The molecule has 0 unspecified atom stereocenters. The molecule has 0 saturated carbocycles. The molecule has 0 aliphatic rings. The summed E-state index contributed by atoms with van der Waals surface area (Å²) in [5.74, 6) is 0.899. The van der Waals surface area contributed by atoms with Gasteiger partial charge in [-0.3, -0.25) is 4.68 Å². The highest BCUT2D eigenvalue weighted by Crippen LogP contribution is 1.87. The van der Waals surface area contributed by atoms with Gasteiger partial charge in [0, 0.05) is 26.6 Å². The first kappa shape index (κ1) is 9.92. The average Bonchev–Trinajstić information content (AvgIpc) is 2.51. The number of nitrogens with one attached hydrogen (secondary N) is 1. The minimum Gasteiger partial charge on any atom is -0.313 e. The van der Waals surface area contributed by atoms with E-state index in [9.17, 15) is 0 Å². The van der Waals surface area contributed by atoms with Crippen molar-refractivity contribution in [3.8, 4) is 0 Å². The first-order valence-electron chi connectivity index (χ1n) is 4.49. The number of nitrogens with zero attached hydrogens (tertiary/aromatic N) is 3. The van der Waals surface area contributed by atoms with Gasteiger partial charge in [-0.15, -0.1) is 0 Å². The maximum absolute atomic E-state index is 4.18. The lowest BCUT2D eigenvalue weighted by molar-refractivity contribution is 0.696. The van der Waals surface area contributed by atoms with Crippen LogP contribution in [0.3, 0.4) is 0 Å². The second kappa shape index (κ2) is 5.48. The van der Waals surface area contributed by atoms with E-state index in [0.717, 1.165) is 25.3 Å². The Bertz CT molecular complexity index is 264. The van der Waals surface area contributed by atoms with Crippen molar-refractivity contribution in [3.63, 3.8) is 0 Å². The molecular weight excluding hydrogens is 164 g/mol. The average molecular weight is 180 g/mol. The molecule has 0 bridgehead atoms. The third kappa shape index (κ3) is 3.85. The summed E-state index contributed by atoms with van der Waals surface area (Å²) in [6, 6.07) is 0. The maximum atomic E-state index is 4.18. The number of aryl methyl sites for hydroxylation is 1. The van der Waals surface area contributed by atoms with Gasteiger partial charge in [0.25, 0.3) is 0 Å². The monoisotopic (exact) mass is 180 g/mol. The Labute approximate surface area is 78.7 Å². The largest absolute Gasteiger partial charge is 0.313 e. The van der Waals surface area contributed by atoms with E-state index in [1.807, 2.05) is 20.0 Å². The van der Waals surface area contributed by atoms with Crippen molar-refractivity contribution >= 4 is 0 Å². The van der Waals surface area contributed by atoms with Crippen molar-refractivity contribution < 1.29 is 0 Å². The van der Waals surface area contributed by atoms with Gasteiger partial charge in [0.1, 0.15) is 6.33 Å². The topological polar surface area (TPSA) is 42.7 Å². The fourth-order valence-corrected chi connectivity index (χ4v) is 1.00. The van der Waals surface area contributed by atoms with E-state index >= 15 is 0 Å². The molecule has 1 aromatic rings. The van der Waals surface area contributed by atoms with Gasteiger partial charge < -0.3 is 5.32 Å². The molecule has 72 valence electrons. The summed E-state index contributed by atoms with van der Waals surface area (Å²) in [7, 11) is 1.88. The third-order valence-electron chi connectivity index (χ3n) is 1.67. The molecule has 4 nitrogen and oxygen atoms in total. The van der Waals surface area contributed by atoms with Crippen molar-refractivity contribution in [3.05, 3.63) is 24.3 Å². The Morgan fingerprint density at radius 1 is 1.62 bits per heavy atom. The molecule has 1 rings (SSSR count). The van der Waals surface area contributed by atoms with Crippen molar-refractivity contribution in [2.75, 3.05) is 13.1 Å². The summed E-state index contributed by atoms with van der Waals surface area (Å²) in [5.41, 5.74) is 0. The molecule has 0 aliphatic carbocycles. The van der Waals surface area contributed by atoms with Gasteiger partial charge in [-0.2, -0.15) is 5.10 Å². The van der Waals surface area contributed by atoms with Gasteiger partial charge in [0.15, 0.2) is 5.82 Å². The Hall–Kier alpha value is -1.16. The molecule has 0 aliphatic heterocycles. The van der Waals surface area contributed by atoms with Crippen LogP contribution in [0.5, 0.6) is 0 Å². The second-order valence-electron chi connectivity index (χ2n) is 2.86. The summed E-state index contributed by atoms with van der Waals surface area (Å²) in [5, 5.41) is 7.44. The molecule has 0 fully saturated rings. The number of rotatable bonds is 5. The van der Waals surface area contributed by atoms with Gasteiger partial charge >= 0.3 is 0 Å². The van der Waals surface area contributed by atoms with Crippen LogP contribution in [0, 0.1) is 0 Å². The van der Waals surface area contributed by atoms with E-state index in [0.29, 0.717) is 0 Å².